The van der Waals surface area contributed by atoms with Gasteiger partial charge in [0.2, 0.25) is 5.95 Å². The highest BCUT2D eigenvalue weighted by molar-refractivity contribution is 5.93. The Bertz CT molecular complexity index is 851. The topological polar surface area (TPSA) is 58.1 Å². The van der Waals surface area contributed by atoms with Crippen molar-refractivity contribution in [3.05, 3.63) is 89.5 Å². The molecule has 5 nitrogen and oxygen atoms in total. The first-order valence-electron chi connectivity index (χ1n) is 8.21. The van der Waals surface area contributed by atoms with Crippen LogP contribution in [0.4, 0.5) is 10.3 Å². The van der Waals surface area contributed by atoms with Gasteiger partial charge in [-0.05, 0) is 23.3 Å². The second kappa shape index (κ2) is 8.20. The van der Waals surface area contributed by atoms with Crippen molar-refractivity contribution in [3.63, 3.8) is 0 Å². The molecule has 0 unspecified atom stereocenters. The van der Waals surface area contributed by atoms with Crippen molar-refractivity contribution in [2.75, 3.05) is 11.9 Å². The number of hydrogen-bond donors (Lipinski definition) is 1. The van der Waals surface area contributed by atoms with Gasteiger partial charge in [-0.1, -0.05) is 42.5 Å². The Labute approximate surface area is 151 Å². The summed E-state index contributed by atoms with van der Waals surface area (Å²) in [5, 5.41) is 2.77. The lowest BCUT2D eigenvalue weighted by Gasteiger charge is -2.17. The zero-order valence-corrected chi connectivity index (χ0v) is 14.4. The maximum atomic E-state index is 12.9. The van der Waals surface area contributed by atoms with Crippen LogP contribution >= 0.6 is 0 Å². The maximum Gasteiger partial charge on any atom is 0.254 e. The number of benzene rings is 2. The molecule has 6 heteroatoms. The fraction of sp³-hybridized carbons (Fsp3) is 0.150. The van der Waals surface area contributed by atoms with Crippen LogP contribution in [0.15, 0.2) is 67.0 Å². The van der Waals surface area contributed by atoms with E-state index in [4.69, 9.17) is 0 Å². The third-order valence-corrected chi connectivity index (χ3v) is 3.87. The van der Waals surface area contributed by atoms with Gasteiger partial charge < -0.3 is 10.2 Å². The third kappa shape index (κ3) is 4.63. The summed E-state index contributed by atoms with van der Waals surface area (Å²) in [5.41, 5.74) is 2.35. The van der Waals surface area contributed by atoms with Gasteiger partial charge in [0.25, 0.3) is 5.91 Å². The fourth-order valence-corrected chi connectivity index (χ4v) is 2.45. The summed E-state index contributed by atoms with van der Waals surface area (Å²) in [4.78, 5) is 22.6. The molecule has 3 aromatic rings. The van der Waals surface area contributed by atoms with Crippen molar-refractivity contribution in [1.82, 2.24) is 15.3 Å². The van der Waals surface area contributed by atoms with Crippen LogP contribution in [0.1, 0.15) is 21.5 Å². The molecule has 1 amide bonds. The van der Waals surface area contributed by atoms with Crippen LogP contribution in [-0.2, 0) is 13.1 Å². The Hall–Kier alpha value is -3.28. The monoisotopic (exact) mass is 350 g/mol. The Balaban J connectivity index is 1.57. The van der Waals surface area contributed by atoms with E-state index < -0.39 is 0 Å². The van der Waals surface area contributed by atoms with Crippen molar-refractivity contribution in [1.29, 1.82) is 0 Å². The molecule has 0 saturated carbocycles. The number of anilines is 1. The Morgan fingerprint density at radius 1 is 1.00 bits per heavy atom. The summed E-state index contributed by atoms with van der Waals surface area (Å²) in [5.74, 6) is -0.0285. The lowest BCUT2D eigenvalue weighted by Crippen LogP contribution is -2.24. The molecule has 0 fully saturated rings. The van der Waals surface area contributed by atoms with Gasteiger partial charge >= 0.3 is 0 Å². The Morgan fingerprint density at radius 3 is 2.31 bits per heavy atom. The smallest absolute Gasteiger partial charge is 0.254 e. The van der Waals surface area contributed by atoms with Gasteiger partial charge in [-0.15, -0.1) is 0 Å². The molecule has 0 bridgehead atoms. The lowest BCUT2D eigenvalue weighted by molar-refractivity contribution is 0.0950. The SMILES string of the molecule is CN(Cc1ccccc1)c1ncc(C(=O)NCc2ccc(F)cc2)cn1. The summed E-state index contributed by atoms with van der Waals surface area (Å²) in [7, 11) is 1.90. The number of nitrogens with one attached hydrogen (secondary N) is 1. The highest BCUT2D eigenvalue weighted by Crippen LogP contribution is 2.10. The second-order valence-electron chi connectivity index (χ2n) is 5.92. The van der Waals surface area contributed by atoms with Crippen LogP contribution in [0, 0.1) is 5.82 Å². The minimum absolute atomic E-state index is 0.272. The molecule has 1 aromatic heterocycles. The number of hydrogen-bond acceptors (Lipinski definition) is 4. The van der Waals surface area contributed by atoms with Crippen LogP contribution in [-0.4, -0.2) is 22.9 Å². The molecule has 3 rings (SSSR count). The first-order chi connectivity index (χ1) is 12.6. The predicted octanol–water partition coefficient (Wildman–Crippen LogP) is 3.18. The molecule has 2 aromatic carbocycles. The molecule has 0 aliphatic carbocycles. The minimum atomic E-state index is -0.302. The molecule has 0 aliphatic rings. The van der Waals surface area contributed by atoms with Crippen LogP contribution in [0.25, 0.3) is 0 Å². The Kier molecular flexibility index (Phi) is 5.53. The largest absolute Gasteiger partial charge is 0.348 e. The van der Waals surface area contributed by atoms with Gasteiger partial charge in [0, 0.05) is 32.5 Å². The van der Waals surface area contributed by atoms with Crippen molar-refractivity contribution in [2.45, 2.75) is 13.1 Å². The number of carbonyl (C=O) groups excluding carboxylic acids is 1. The number of halogens is 1. The standard InChI is InChI=1S/C20H19FN4O/c1-25(14-16-5-3-2-4-6-16)20-23-12-17(13-24-20)19(26)22-11-15-7-9-18(21)10-8-15/h2-10,12-13H,11,14H2,1H3,(H,22,26). The molecule has 132 valence electrons. The summed E-state index contributed by atoms with van der Waals surface area (Å²) in [6.07, 6.45) is 3.01. The van der Waals surface area contributed by atoms with Crippen LogP contribution < -0.4 is 10.2 Å². The zero-order valence-electron chi connectivity index (χ0n) is 14.4. The van der Waals surface area contributed by atoms with Gasteiger partial charge in [0.05, 0.1) is 5.56 Å². The first kappa shape index (κ1) is 17.5. The van der Waals surface area contributed by atoms with E-state index in [1.807, 2.05) is 42.3 Å². The van der Waals surface area contributed by atoms with Gasteiger partial charge in [0.1, 0.15) is 5.82 Å². The number of carbonyl (C=O) groups is 1. The minimum Gasteiger partial charge on any atom is -0.348 e. The van der Waals surface area contributed by atoms with E-state index in [2.05, 4.69) is 15.3 Å². The van der Waals surface area contributed by atoms with E-state index >= 15 is 0 Å². The van der Waals surface area contributed by atoms with E-state index in [-0.39, 0.29) is 11.7 Å². The van der Waals surface area contributed by atoms with Crippen molar-refractivity contribution in [3.8, 4) is 0 Å². The highest BCUT2D eigenvalue weighted by Gasteiger charge is 2.09. The third-order valence-electron chi connectivity index (χ3n) is 3.87. The van der Waals surface area contributed by atoms with E-state index in [9.17, 15) is 9.18 Å². The predicted molar refractivity (Wildman–Crippen MR) is 98.2 cm³/mol. The molecular weight excluding hydrogens is 331 g/mol. The Morgan fingerprint density at radius 2 is 1.65 bits per heavy atom. The normalized spacial score (nSPS) is 10.4. The summed E-state index contributed by atoms with van der Waals surface area (Å²) in [6.45, 7) is 0.992. The summed E-state index contributed by atoms with van der Waals surface area (Å²) >= 11 is 0. The molecule has 1 heterocycles. The molecular formula is C20H19FN4O. The lowest BCUT2D eigenvalue weighted by atomic mass is 10.2. The quantitative estimate of drug-likeness (QED) is 0.742. The van der Waals surface area contributed by atoms with Crippen LogP contribution in [0.3, 0.4) is 0 Å². The number of nitrogens with zero attached hydrogens (tertiary/aromatic N) is 3. The molecule has 1 N–H and O–H groups in total. The first-order valence-corrected chi connectivity index (χ1v) is 8.21. The average molecular weight is 350 g/mol. The molecule has 0 saturated heterocycles. The van der Waals surface area contributed by atoms with E-state index in [1.165, 1.54) is 24.5 Å². The zero-order chi connectivity index (χ0) is 18.4. The average Bonchev–Trinajstić information content (AvgIpc) is 2.68. The van der Waals surface area contributed by atoms with Crippen molar-refractivity contribution < 1.29 is 9.18 Å². The molecule has 0 spiro atoms. The molecule has 26 heavy (non-hydrogen) atoms. The van der Waals surface area contributed by atoms with E-state index in [1.54, 1.807) is 12.1 Å². The summed E-state index contributed by atoms with van der Waals surface area (Å²) in [6, 6.07) is 16.0. The number of amides is 1. The number of rotatable bonds is 6. The van der Waals surface area contributed by atoms with Crippen molar-refractivity contribution in [2.24, 2.45) is 0 Å². The van der Waals surface area contributed by atoms with Crippen LogP contribution in [0.2, 0.25) is 0 Å². The van der Waals surface area contributed by atoms with E-state index in [0.29, 0.717) is 24.6 Å². The van der Waals surface area contributed by atoms with Gasteiger partial charge in [-0.25, -0.2) is 14.4 Å². The maximum absolute atomic E-state index is 12.9. The molecule has 0 radical (unpaired) electrons. The molecule has 0 aliphatic heterocycles. The van der Waals surface area contributed by atoms with E-state index in [0.717, 1.165) is 11.1 Å². The molecule has 0 atom stereocenters. The van der Waals surface area contributed by atoms with Crippen molar-refractivity contribution >= 4 is 11.9 Å². The summed E-state index contributed by atoms with van der Waals surface area (Å²) < 4.78 is 12.9. The second-order valence-corrected chi connectivity index (χ2v) is 5.92. The van der Waals surface area contributed by atoms with Gasteiger partial charge in [0.15, 0.2) is 0 Å². The number of aromatic nitrogens is 2. The van der Waals surface area contributed by atoms with Gasteiger partial charge in [-0.2, -0.15) is 0 Å². The van der Waals surface area contributed by atoms with Gasteiger partial charge in [-0.3, -0.25) is 4.79 Å². The fourth-order valence-electron chi connectivity index (χ4n) is 2.45. The highest BCUT2D eigenvalue weighted by atomic mass is 19.1. The van der Waals surface area contributed by atoms with Crippen LogP contribution in [0.5, 0.6) is 0 Å².